The molecule has 326 valence electrons. The highest BCUT2D eigenvalue weighted by atomic mass is 16.6. The van der Waals surface area contributed by atoms with Crippen molar-refractivity contribution in [3.8, 4) is 11.1 Å². The van der Waals surface area contributed by atoms with Crippen molar-refractivity contribution in [1.29, 1.82) is 0 Å². The molecule has 3 rings (SSSR count). The van der Waals surface area contributed by atoms with Gasteiger partial charge in [0.15, 0.2) is 11.6 Å². The van der Waals surface area contributed by atoms with Crippen LogP contribution in [0.2, 0.25) is 0 Å². The van der Waals surface area contributed by atoms with Crippen LogP contribution in [0.3, 0.4) is 0 Å². The van der Waals surface area contributed by atoms with E-state index in [1.165, 1.54) is 0 Å². The molecule has 0 aliphatic rings. The van der Waals surface area contributed by atoms with Gasteiger partial charge in [0.25, 0.3) is 0 Å². The Morgan fingerprint density at radius 1 is 0.541 bits per heavy atom. The second kappa shape index (κ2) is 27.7. The van der Waals surface area contributed by atoms with Gasteiger partial charge in [0.1, 0.15) is 26.4 Å². The number of Topliss-reactive ketones (excluding diaryl/α,β-unsaturated/α-hetero) is 2. The molecule has 14 nitrogen and oxygen atoms in total. The molecule has 0 heterocycles. The van der Waals surface area contributed by atoms with Crippen LogP contribution in [0.15, 0.2) is 123 Å². The molecule has 61 heavy (non-hydrogen) atoms. The number of hydrogen-bond donors (Lipinski definition) is 0. The van der Waals surface area contributed by atoms with Crippen LogP contribution in [-0.2, 0) is 57.1 Å². The predicted molar refractivity (Wildman–Crippen MR) is 224 cm³/mol. The lowest BCUT2D eigenvalue weighted by atomic mass is 9.86. The van der Waals surface area contributed by atoms with E-state index in [1.807, 2.05) is 42.5 Å². The maximum atomic E-state index is 13.8. The van der Waals surface area contributed by atoms with Gasteiger partial charge in [0.2, 0.25) is 0 Å². The van der Waals surface area contributed by atoms with Gasteiger partial charge in [0.05, 0.1) is 63.7 Å². The van der Waals surface area contributed by atoms with Crippen LogP contribution in [0.25, 0.3) is 11.1 Å². The zero-order chi connectivity index (χ0) is 44.3. The van der Waals surface area contributed by atoms with Crippen LogP contribution in [-0.4, -0.2) is 114 Å². The van der Waals surface area contributed by atoms with Crippen molar-refractivity contribution in [2.24, 2.45) is 11.3 Å². The van der Waals surface area contributed by atoms with Crippen molar-refractivity contribution in [1.82, 2.24) is 0 Å². The topological polar surface area (TPSA) is 176 Å². The minimum atomic E-state index is -1.13. The fraction of sp³-hybridized carbons (Fsp3) is 0.362. The molecule has 0 N–H and O–H groups in total. The Bertz CT molecular complexity index is 1800. The number of esters is 4. The van der Waals surface area contributed by atoms with E-state index < -0.39 is 52.9 Å². The summed E-state index contributed by atoms with van der Waals surface area (Å²) in [6.07, 6.45) is 2.13. The van der Waals surface area contributed by atoms with Gasteiger partial charge in [0, 0.05) is 35.8 Å². The van der Waals surface area contributed by atoms with E-state index in [0.29, 0.717) is 11.1 Å². The summed E-state index contributed by atoms with van der Waals surface area (Å²) in [5.41, 5.74) is 1.58. The molecule has 0 aliphatic carbocycles. The standard InChI is InChI=1S/C47H54O14/c1-5-41(48)57-27-24-54-31-47(32-55-25-28-58-42(49)6-2,33-56-26-29-59-43(50)7-3)34-61-35(4)30-60-44(51)23-22-40(45(52)38-16-12-9-13-17-38)46(53)39-20-18-37(19-21-39)36-14-10-8-11-15-36/h5-21,35,40H,1-3,22-34H2,4H3. The molecule has 0 bridgehead atoms. The molecule has 0 radical (unpaired) electrons. The van der Waals surface area contributed by atoms with Crippen LogP contribution in [0.1, 0.15) is 40.5 Å². The smallest absolute Gasteiger partial charge is 0.330 e. The number of rotatable bonds is 31. The lowest BCUT2D eigenvalue weighted by Crippen LogP contribution is -2.43. The molecule has 3 aromatic carbocycles. The maximum Gasteiger partial charge on any atom is 0.330 e. The number of ether oxygens (including phenoxy) is 8. The second-order valence-electron chi connectivity index (χ2n) is 13.7. The summed E-state index contributed by atoms with van der Waals surface area (Å²) in [5.74, 6) is -4.42. The Morgan fingerprint density at radius 2 is 0.967 bits per heavy atom. The molecule has 0 aliphatic heterocycles. The molecule has 2 atom stereocenters. The van der Waals surface area contributed by atoms with Crippen molar-refractivity contribution < 1.29 is 66.7 Å². The molecule has 0 saturated carbocycles. The SMILES string of the molecule is C=CC(=O)OCCOCC(COCCOC(=O)C=C)(COCCOC(=O)C=C)COC(C)COC(=O)CCC(C(=O)c1ccccc1)C(=O)c1ccc(-c2ccccc2)cc1. The van der Waals surface area contributed by atoms with Gasteiger partial charge in [-0.1, -0.05) is 105 Å². The summed E-state index contributed by atoms with van der Waals surface area (Å²) >= 11 is 0. The summed E-state index contributed by atoms with van der Waals surface area (Å²) in [5, 5.41) is 0. The third-order valence-electron chi connectivity index (χ3n) is 8.90. The number of ketones is 2. The Balaban J connectivity index is 1.66. The third kappa shape index (κ3) is 18.4. The van der Waals surface area contributed by atoms with Gasteiger partial charge in [-0.2, -0.15) is 0 Å². The van der Waals surface area contributed by atoms with Crippen LogP contribution >= 0.6 is 0 Å². The van der Waals surface area contributed by atoms with Crippen molar-refractivity contribution in [2.45, 2.75) is 25.9 Å². The van der Waals surface area contributed by atoms with Gasteiger partial charge in [-0.15, -0.1) is 0 Å². The molecule has 2 unspecified atom stereocenters. The largest absolute Gasteiger partial charge is 0.463 e. The minimum absolute atomic E-state index is 0.0116. The third-order valence-corrected chi connectivity index (χ3v) is 8.90. The highest BCUT2D eigenvalue weighted by molar-refractivity contribution is 6.16. The van der Waals surface area contributed by atoms with Crippen LogP contribution < -0.4 is 0 Å². The summed E-state index contributed by atoms with van der Waals surface area (Å²) < 4.78 is 44.2. The fourth-order valence-electron chi connectivity index (χ4n) is 5.65. The number of carbonyl (C=O) groups is 6. The Kier molecular flexibility index (Phi) is 22.3. The van der Waals surface area contributed by atoms with Gasteiger partial charge in [-0.3, -0.25) is 14.4 Å². The lowest BCUT2D eigenvalue weighted by Gasteiger charge is -2.34. The second-order valence-corrected chi connectivity index (χ2v) is 13.7. The highest BCUT2D eigenvalue weighted by Crippen LogP contribution is 2.25. The lowest BCUT2D eigenvalue weighted by molar-refractivity contribution is -0.154. The Morgan fingerprint density at radius 3 is 1.43 bits per heavy atom. The molecule has 0 amide bonds. The predicted octanol–water partition coefficient (Wildman–Crippen LogP) is 5.99. The van der Waals surface area contributed by atoms with E-state index in [0.717, 1.165) is 29.4 Å². The van der Waals surface area contributed by atoms with Crippen molar-refractivity contribution >= 4 is 35.4 Å². The van der Waals surface area contributed by atoms with E-state index in [1.54, 1.807) is 49.4 Å². The number of benzene rings is 3. The molecular formula is C47H54O14. The number of carbonyl (C=O) groups excluding carboxylic acids is 6. The minimum Gasteiger partial charge on any atom is -0.463 e. The fourth-order valence-corrected chi connectivity index (χ4v) is 5.65. The van der Waals surface area contributed by atoms with Gasteiger partial charge in [-0.05, 0) is 24.5 Å². The summed E-state index contributed by atoms with van der Waals surface area (Å²) in [6.45, 7) is 11.3. The van der Waals surface area contributed by atoms with Crippen molar-refractivity contribution in [2.75, 3.05) is 72.7 Å². The Hall–Kier alpha value is -6.06. The summed E-state index contributed by atoms with van der Waals surface area (Å²) in [4.78, 5) is 75.1. The van der Waals surface area contributed by atoms with Gasteiger partial charge >= 0.3 is 23.9 Å². The van der Waals surface area contributed by atoms with Crippen LogP contribution in [0, 0.1) is 11.3 Å². The molecule has 14 heteroatoms. The van der Waals surface area contributed by atoms with Crippen molar-refractivity contribution in [3.05, 3.63) is 134 Å². The van der Waals surface area contributed by atoms with Crippen LogP contribution in [0.5, 0.6) is 0 Å². The molecule has 0 fully saturated rings. The Labute approximate surface area is 356 Å². The molecule has 3 aromatic rings. The molecule has 0 spiro atoms. The van der Waals surface area contributed by atoms with E-state index in [9.17, 15) is 28.8 Å². The van der Waals surface area contributed by atoms with E-state index in [4.69, 9.17) is 37.9 Å². The quantitative estimate of drug-likeness (QED) is 0.0184. The van der Waals surface area contributed by atoms with E-state index in [2.05, 4.69) is 19.7 Å². The van der Waals surface area contributed by atoms with Gasteiger partial charge < -0.3 is 37.9 Å². The summed E-state index contributed by atoms with van der Waals surface area (Å²) in [6, 6.07) is 25.1. The number of hydrogen-bond acceptors (Lipinski definition) is 14. The van der Waals surface area contributed by atoms with Crippen molar-refractivity contribution in [3.63, 3.8) is 0 Å². The van der Waals surface area contributed by atoms with Gasteiger partial charge in [-0.25, -0.2) is 14.4 Å². The monoisotopic (exact) mass is 842 g/mol. The summed E-state index contributed by atoms with van der Waals surface area (Å²) in [7, 11) is 0. The zero-order valence-electron chi connectivity index (χ0n) is 34.5. The molecular weight excluding hydrogens is 789 g/mol. The first-order valence-corrected chi connectivity index (χ1v) is 19.7. The normalized spacial score (nSPS) is 12.0. The average Bonchev–Trinajstić information content (AvgIpc) is 3.29. The average molecular weight is 843 g/mol. The zero-order valence-corrected chi connectivity index (χ0v) is 34.5. The first-order valence-electron chi connectivity index (χ1n) is 19.7. The molecule has 0 saturated heterocycles. The first-order chi connectivity index (χ1) is 29.5. The molecule has 0 aromatic heterocycles. The maximum absolute atomic E-state index is 13.8. The first kappa shape index (κ1) is 49.3. The highest BCUT2D eigenvalue weighted by Gasteiger charge is 2.34. The van der Waals surface area contributed by atoms with E-state index >= 15 is 0 Å². The van der Waals surface area contributed by atoms with Crippen LogP contribution in [0.4, 0.5) is 0 Å². The van der Waals surface area contributed by atoms with E-state index in [-0.39, 0.29) is 85.5 Å².